The largest absolute Gasteiger partial charge is 0.339 e. The Labute approximate surface area is 148 Å². The lowest BCUT2D eigenvalue weighted by molar-refractivity contribution is 0.0713. The third kappa shape index (κ3) is 2.78. The molecule has 0 aliphatic carbocycles. The summed E-state index contributed by atoms with van der Waals surface area (Å²) in [5.41, 5.74) is 0.648. The maximum atomic E-state index is 12.6. The molecule has 1 amide bonds. The van der Waals surface area contributed by atoms with Gasteiger partial charge in [-0.1, -0.05) is 29.0 Å². The van der Waals surface area contributed by atoms with Crippen molar-refractivity contribution in [2.45, 2.75) is 25.7 Å². The maximum absolute atomic E-state index is 12.6. The van der Waals surface area contributed by atoms with Gasteiger partial charge in [-0.05, 0) is 38.0 Å². The number of hydrogen-bond acceptors (Lipinski definition) is 5. The summed E-state index contributed by atoms with van der Waals surface area (Å²) in [6.07, 6.45) is 1.82. The van der Waals surface area contributed by atoms with Gasteiger partial charge in [0.05, 0.1) is 0 Å². The molecule has 0 spiro atoms. The Morgan fingerprint density at radius 2 is 2.08 bits per heavy atom. The average molecular weight is 362 g/mol. The fourth-order valence-corrected chi connectivity index (χ4v) is 4.27. The summed E-state index contributed by atoms with van der Waals surface area (Å²) >= 11 is 7.57. The standard InChI is InChI=1S/C16H16ClN5OS/c1-10-18-19-16-22(10)20-14(24-16)11-5-7-21(8-6-11)15(23)12-3-2-4-13(17)9-12/h2-4,9,11H,5-8H2,1H3. The van der Waals surface area contributed by atoms with E-state index in [9.17, 15) is 4.79 Å². The van der Waals surface area contributed by atoms with Crippen LogP contribution in [-0.4, -0.2) is 43.7 Å². The first-order valence-corrected chi connectivity index (χ1v) is 9.05. The fourth-order valence-electron chi connectivity index (χ4n) is 3.03. The van der Waals surface area contributed by atoms with Crippen molar-refractivity contribution in [2.24, 2.45) is 0 Å². The number of rotatable bonds is 2. The number of piperidine rings is 1. The highest BCUT2D eigenvalue weighted by Gasteiger charge is 2.27. The maximum Gasteiger partial charge on any atom is 0.253 e. The van der Waals surface area contributed by atoms with E-state index >= 15 is 0 Å². The molecular formula is C16H16ClN5OS. The van der Waals surface area contributed by atoms with Gasteiger partial charge >= 0.3 is 0 Å². The molecule has 24 heavy (non-hydrogen) atoms. The van der Waals surface area contributed by atoms with E-state index in [1.165, 1.54) is 0 Å². The first-order chi connectivity index (χ1) is 11.6. The minimum Gasteiger partial charge on any atom is -0.339 e. The summed E-state index contributed by atoms with van der Waals surface area (Å²) in [7, 11) is 0. The minimum atomic E-state index is 0.0462. The van der Waals surface area contributed by atoms with E-state index in [1.807, 2.05) is 24.0 Å². The smallest absolute Gasteiger partial charge is 0.253 e. The molecule has 0 saturated carbocycles. The molecule has 0 unspecified atom stereocenters. The molecule has 1 saturated heterocycles. The van der Waals surface area contributed by atoms with Crippen LogP contribution in [0.2, 0.25) is 5.02 Å². The summed E-state index contributed by atoms with van der Waals surface area (Å²) in [5, 5.41) is 14.4. The normalized spacial score (nSPS) is 16.0. The molecule has 0 atom stereocenters. The van der Waals surface area contributed by atoms with Crippen molar-refractivity contribution in [3.8, 4) is 0 Å². The zero-order valence-corrected chi connectivity index (χ0v) is 14.7. The van der Waals surface area contributed by atoms with Crippen LogP contribution in [0.4, 0.5) is 0 Å². The molecule has 124 valence electrons. The molecule has 0 bridgehead atoms. The van der Waals surface area contributed by atoms with Gasteiger partial charge in [0.15, 0.2) is 5.82 Å². The third-order valence-corrected chi connectivity index (χ3v) is 5.66. The van der Waals surface area contributed by atoms with Gasteiger partial charge in [0, 0.05) is 29.6 Å². The lowest BCUT2D eigenvalue weighted by Gasteiger charge is -2.31. The van der Waals surface area contributed by atoms with Gasteiger partial charge in [-0.15, -0.1) is 10.2 Å². The number of carbonyl (C=O) groups is 1. The number of carbonyl (C=O) groups excluding carboxylic acids is 1. The van der Waals surface area contributed by atoms with Crippen LogP contribution in [0.15, 0.2) is 24.3 Å². The number of fused-ring (bicyclic) bond motifs is 1. The molecule has 2 aromatic heterocycles. The van der Waals surface area contributed by atoms with Crippen molar-refractivity contribution in [3.63, 3.8) is 0 Å². The van der Waals surface area contributed by atoms with Crippen LogP contribution >= 0.6 is 22.9 Å². The first kappa shape index (κ1) is 15.5. The van der Waals surface area contributed by atoms with Crippen LogP contribution in [-0.2, 0) is 0 Å². The average Bonchev–Trinajstić information content (AvgIpc) is 3.17. The molecule has 1 aliphatic heterocycles. The lowest BCUT2D eigenvalue weighted by Crippen LogP contribution is -2.37. The lowest BCUT2D eigenvalue weighted by atomic mass is 9.97. The number of amides is 1. The highest BCUT2D eigenvalue weighted by molar-refractivity contribution is 7.16. The monoisotopic (exact) mass is 361 g/mol. The first-order valence-electron chi connectivity index (χ1n) is 7.85. The topological polar surface area (TPSA) is 63.4 Å². The molecule has 4 rings (SSSR count). The van der Waals surface area contributed by atoms with Crippen molar-refractivity contribution in [2.75, 3.05) is 13.1 Å². The Bertz CT molecular complexity index is 897. The molecule has 0 radical (unpaired) electrons. The van der Waals surface area contributed by atoms with E-state index in [1.54, 1.807) is 28.0 Å². The summed E-state index contributed by atoms with van der Waals surface area (Å²) in [6.45, 7) is 3.36. The van der Waals surface area contributed by atoms with Gasteiger partial charge in [0.1, 0.15) is 5.01 Å². The quantitative estimate of drug-likeness (QED) is 0.703. The van der Waals surface area contributed by atoms with E-state index < -0.39 is 0 Å². The van der Waals surface area contributed by atoms with E-state index in [4.69, 9.17) is 11.6 Å². The Kier molecular flexibility index (Phi) is 3.97. The predicted octanol–water partition coefficient (Wildman–Crippen LogP) is 3.17. The number of nitrogens with zero attached hydrogens (tertiary/aromatic N) is 5. The zero-order valence-electron chi connectivity index (χ0n) is 13.1. The van der Waals surface area contributed by atoms with Gasteiger partial charge in [-0.3, -0.25) is 4.79 Å². The Morgan fingerprint density at radius 1 is 1.29 bits per heavy atom. The third-order valence-electron chi connectivity index (χ3n) is 4.37. The molecular weight excluding hydrogens is 346 g/mol. The molecule has 0 N–H and O–H groups in total. The van der Waals surface area contributed by atoms with E-state index in [0.29, 0.717) is 16.5 Å². The Balaban J connectivity index is 1.45. The van der Waals surface area contributed by atoms with Crippen molar-refractivity contribution in [3.05, 3.63) is 45.7 Å². The molecule has 6 nitrogen and oxygen atoms in total. The van der Waals surface area contributed by atoms with Gasteiger partial charge in [0.2, 0.25) is 4.96 Å². The van der Waals surface area contributed by atoms with Gasteiger partial charge in [-0.2, -0.15) is 9.61 Å². The fraction of sp³-hybridized carbons (Fsp3) is 0.375. The number of hydrogen-bond donors (Lipinski definition) is 0. The zero-order chi connectivity index (χ0) is 16.7. The van der Waals surface area contributed by atoms with E-state index in [2.05, 4.69) is 15.3 Å². The van der Waals surface area contributed by atoms with Gasteiger partial charge < -0.3 is 4.90 Å². The summed E-state index contributed by atoms with van der Waals surface area (Å²) < 4.78 is 1.80. The number of likely N-dealkylation sites (tertiary alicyclic amines) is 1. The van der Waals surface area contributed by atoms with Crippen LogP contribution < -0.4 is 0 Å². The highest BCUT2D eigenvalue weighted by Crippen LogP contribution is 2.31. The number of aryl methyl sites for hydroxylation is 1. The number of halogens is 1. The molecule has 1 aliphatic rings. The van der Waals surface area contributed by atoms with Gasteiger partial charge in [0.25, 0.3) is 5.91 Å². The van der Waals surface area contributed by atoms with Crippen molar-refractivity contribution < 1.29 is 4.79 Å². The summed E-state index contributed by atoms with van der Waals surface area (Å²) in [6, 6.07) is 7.12. The Morgan fingerprint density at radius 3 is 2.79 bits per heavy atom. The van der Waals surface area contributed by atoms with Crippen molar-refractivity contribution in [1.29, 1.82) is 0 Å². The summed E-state index contributed by atoms with van der Waals surface area (Å²) in [5.74, 6) is 1.23. The van der Waals surface area contributed by atoms with Crippen LogP contribution in [0.1, 0.15) is 39.9 Å². The molecule has 1 aromatic carbocycles. The van der Waals surface area contributed by atoms with Gasteiger partial charge in [-0.25, -0.2) is 0 Å². The van der Waals surface area contributed by atoms with Crippen LogP contribution in [0.25, 0.3) is 4.96 Å². The second-order valence-corrected chi connectivity index (χ2v) is 7.38. The number of benzene rings is 1. The Hall–Kier alpha value is -1.99. The number of aromatic nitrogens is 4. The second kappa shape index (κ2) is 6.14. The van der Waals surface area contributed by atoms with E-state index in [0.717, 1.165) is 41.7 Å². The molecule has 8 heteroatoms. The van der Waals surface area contributed by atoms with Crippen molar-refractivity contribution in [1.82, 2.24) is 24.7 Å². The summed E-state index contributed by atoms with van der Waals surface area (Å²) in [4.78, 5) is 15.3. The van der Waals surface area contributed by atoms with Crippen LogP contribution in [0.5, 0.6) is 0 Å². The molecule has 1 fully saturated rings. The molecule has 3 heterocycles. The van der Waals surface area contributed by atoms with Crippen LogP contribution in [0, 0.1) is 6.92 Å². The minimum absolute atomic E-state index is 0.0462. The molecule has 3 aromatic rings. The SMILES string of the molecule is Cc1nnc2sc(C3CCN(C(=O)c4cccc(Cl)c4)CC3)nn12. The van der Waals surface area contributed by atoms with Crippen LogP contribution in [0.3, 0.4) is 0 Å². The highest BCUT2D eigenvalue weighted by atomic mass is 35.5. The second-order valence-electron chi connectivity index (χ2n) is 5.96. The van der Waals surface area contributed by atoms with Crippen molar-refractivity contribution >= 4 is 33.8 Å². The van der Waals surface area contributed by atoms with E-state index in [-0.39, 0.29) is 5.91 Å². The predicted molar refractivity (Wildman–Crippen MR) is 92.7 cm³/mol.